The van der Waals surface area contributed by atoms with E-state index in [1.807, 2.05) is 48.8 Å². The van der Waals surface area contributed by atoms with Crippen molar-refractivity contribution in [2.45, 2.75) is 44.1 Å². The number of hydrazone groups is 1. The number of rotatable bonds is 6. The monoisotopic (exact) mass is 454 g/mol. The summed E-state index contributed by atoms with van der Waals surface area (Å²) in [5.74, 6) is 0.591. The number of hydrogen-bond donors (Lipinski definition) is 3. The van der Waals surface area contributed by atoms with Gasteiger partial charge in [0, 0.05) is 36.8 Å². The maximum atomic E-state index is 13.3. The molecule has 3 N–H and O–H groups in total. The van der Waals surface area contributed by atoms with Crippen molar-refractivity contribution in [2.24, 2.45) is 5.10 Å². The molecule has 1 saturated heterocycles. The first-order valence-electron chi connectivity index (χ1n) is 10.7. The van der Waals surface area contributed by atoms with Crippen molar-refractivity contribution in [3.8, 4) is 0 Å². The highest BCUT2D eigenvalue weighted by Gasteiger charge is 2.44. The van der Waals surface area contributed by atoms with E-state index in [4.69, 9.17) is 11.6 Å². The van der Waals surface area contributed by atoms with E-state index in [2.05, 4.69) is 31.2 Å². The van der Waals surface area contributed by atoms with E-state index < -0.39 is 0 Å². The van der Waals surface area contributed by atoms with Crippen molar-refractivity contribution < 1.29 is 9.18 Å². The summed E-state index contributed by atoms with van der Waals surface area (Å²) in [6.45, 7) is 0.473. The van der Waals surface area contributed by atoms with Crippen molar-refractivity contribution >= 4 is 23.3 Å². The van der Waals surface area contributed by atoms with E-state index in [-0.39, 0.29) is 30.0 Å². The highest BCUT2D eigenvalue weighted by molar-refractivity contribution is 6.30. The van der Waals surface area contributed by atoms with Gasteiger partial charge < -0.3 is 15.2 Å². The van der Waals surface area contributed by atoms with Crippen LogP contribution in [0, 0.1) is 5.82 Å². The van der Waals surface area contributed by atoms with Crippen molar-refractivity contribution in [1.29, 1.82) is 0 Å². The zero-order chi connectivity index (χ0) is 22.1. The molecule has 0 radical (unpaired) electrons. The minimum atomic E-state index is -0.233. The lowest BCUT2D eigenvalue weighted by Gasteiger charge is -2.37. The molecule has 32 heavy (non-hydrogen) atoms. The fourth-order valence-corrected chi connectivity index (χ4v) is 4.47. The van der Waals surface area contributed by atoms with Crippen LogP contribution in [0.15, 0.2) is 66.0 Å². The Morgan fingerprint density at radius 2 is 1.94 bits per heavy atom. The number of hydrogen-bond acceptors (Lipinski definition) is 6. The zero-order valence-electron chi connectivity index (χ0n) is 17.3. The quantitative estimate of drug-likeness (QED) is 0.625. The molecule has 0 spiro atoms. The minimum absolute atomic E-state index is 0.00919. The van der Waals surface area contributed by atoms with Gasteiger partial charge in [0.2, 0.25) is 5.91 Å². The Bertz CT molecular complexity index is 1040. The van der Waals surface area contributed by atoms with Gasteiger partial charge in [-0.2, -0.15) is 5.10 Å². The molecular formula is C23H24ClFN6O. The predicted octanol–water partition coefficient (Wildman–Crippen LogP) is 3.23. The molecule has 3 aliphatic rings. The Kier molecular flexibility index (Phi) is 5.71. The van der Waals surface area contributed by atoms with Crippen molar-refractivity contribution in [1.82, 2.24) is 26.1 Å². The molecule has 5 rings (SSSR count). The molecule has 3 atom stereocenters. The molecule has 2 aromatic rings. The molecule has 7 nitrogen and oxygen atoms in total. The van der Waals surface area contributed by atoms with E-state index >= 15 is 0 Å². The van der Waals surface area contributed by atoms with E-state index in [9.17, 15) is 9.18 Å². The SMILES string of the molecule is O=C(CCC1=NNC2C3CC(c4ccc(F)cc4)NN3C=CN12)NCc1ccc(Cl)cc1. The summed E-state index contributed by atoms with van der Waals surface area (Å²) in [4.78, 5) is 14.4. The van der Waals surface area contributed by atoms with Gasteiger partial charge in [-0.3, -0.25) is 10.2 Å². The molecule has 2 aromatic carbocycles. The van der Waals surface area contributed by atoms with Crippen LogP contribution in [0.4, 0.5) is 4.39 Å². The van der Waals surface area contributed by atoms with Crippen LogP contribution in [0.25, 0.3) is 0 Å². The second-order valence-electron chi connectivity index (χ2n) is 8.15. The molecule has 3 heterocycles. The van der Waals surface area contributed by atoms with Gasteiger partial charge in [0.05, 0.1) is 12.1 Å². The lowest BCUT2D eigenvalue weighted by atomic mass is 9.99. The number of benzene rings is 2. The number of nitrogens with one attached hydrogen (secondary N) is 3. The first-order valence-corrected chi connectivity index (χ1v) is 11.0. The Labute approximate surface area is 190 Å². The predicted molar refractivity (Wildman–Crippen MR) is 120 cm³/mol. The van der Waals surface area contributed by atoms with Crippen molar-refractivity contribution in [3.63, 3.8) is 0 Å². The number of halogens is 2. The summed E-state index contributed by atoms with van der Waals surface area (Å²) in [7, 11) is 0. The van der Waals surface area contributed by atoms with Crippen LogP contribution >= 0.6 is 11.6 Å². The molecule has 1 amide bonds. The van der Waals surface area contributed by atoms with Crippen LogP contribution in [0.3, 0.4) is 0 Å². The third-order valence-electron chi connectivity index (χ3n) is 6.07. The van der Waals surface area contributed by atoms with Crippen LogP contribution < -0.4 is 16.2 Å². The van der Waals surface area contributed by atoms with Gasteiger partial charge in [-0.1, -0.05) is 35.9 Å². The first-order chi connectivity index (χ1) is 15.6. The molecule has 0 bridgehead atoms. The summed E-state index contributed by atoms with van der Waals surface area (Å²) in [6.07, 6.45) is 5.72. The fourth-order valence-electron chi connectivity index (χ4n) is 4.34. The molecular weight excluding hydrogens is 431 g/mol. The number of hydrazine groups is 1. The third kappa shape index (κ3) is 4.28. The molecule has 0 aromatic heterocycles. The number of amidine groups is 1. The van der Waals surface area contributed by atoms with Gasteiger partial charge in [0.25, 0.3) is 0 Å². The molecule has 3 unspecified atom stereocenters. The van der Waals surface area contributed by atoms with Crippen LogP contribution in [0.1, 0.15) is 36.4 Å². The molecule has 3 aliphatic heterocycles. The molecule has 166 valence electrons. The van der Waals surface area contributed by atoms with Crippen LogP contribution in [-0.2, 0) is 11.3 Å². The normalized spacial score (nSPS) is 23.4. The summed E-state index contributed by atoms with van der Waals surface area (Å²) in [5.41, 5.74) is 8.76. The number of amides is 1. The molecule has 0 aliphatic carbocycles. The fraction of sp³-hybridized carbons (Fsp3) is 0.304. The summed E-state index contributed by atoms with van der Waals surface area (Å²) in [5, 5.41) is 10.2. The second kappa shape index (κ2) is 8.80. The summed E-state index contributed by atoms with van der Waals surface area (Å²) >= 11 is 5.89. The number of carbonyl (C=O) groups excluding carboxylic acids is 1. The number of carbonyl (C=O) groups is 1. The highest BCUT2D eigenvalue weighted by atomic mass is 35.5. The number of fused-ring (bicyclic) bond motifs is 3. The highest BCUT2D eigenvalue weighted by Crippen LogP contribution is 2.34. The number of nitrogens with zero attached hydrogens (tertiary/aromatic N) is 3. The largest absolute Gasteiger partial charge is 0.352 e. The van der Waals surface area contributed by atoms with Crippen LogP contribution in [0.2, 0.25) is 5.02 Å². The Morgan fingerprint density at radius 3 is 2.72 bits per heavy atom. The van der Waals surface area contributed by atoms with E-state index in [1.165, 1.54) is 12.1 Å². The zero-order valence-corrected chi connectivity index (χ0v) is 18.1. The van der Waals surface area contributed by atoms with Gasteiger partial charge in [0.15, 0.2) is 0 Å². The average molecular weight is 455 g/mol. The Balaban J connectivity index is 1.14. The third-order valence-corrected chi connectivity index (χ3v) is 6.32. The Morgan fingerprint density at radius 1 is 1.16 bits per heavy atom. The summed E-state index contributed by atoms with van der Waals surface area (Å²) in [6, 6.07) is 14.3. The topological polar surface area (TPSA) is 72.0 Å². The van der Waals surface area contributed by atoms with E-state index in [0.29, 0.717) is 24.4 Å². The van der Waals surface area contributed by atoms with Gasteiger partial charge in [-0.05, 0) is 41.8 Å². The second-order valence-corrected chi connectivity index (χ2v) is 8.59. The van der Waals surface area contributed by atoms with Crippen molar-refractivity contribution in [3.05, 3.63) is 82.9 Å². The summed E-state index contributed by atoms with van der Waals surface area (Å²) < 4.78 is 13.3. The maximum Gasteiger partial charge on any atom is 0.220 e. The van der Waals surface area contributed by atoms with E-state index in [0.717, 1.165) is 23.4 Å². The van der Waals surface area contributed by atoms with Crippen LogP contribution in [0.5, 0.6) is 0 Å². The minimum Gasteiger partial charge on any atom is -0.352 e. The lowest BCUT2D eigenvalue weighted by Crippen LogP contribution is -2.54. The van der Waals surface area contributed by atoms with Gasteiger partial charge in [-0.25, -0.2) is 9.82 Å². The Hall–Kier alpha value is -3.10. The van der Waals surface area contributed by atoms with Gasteiger partial charge >= 0.3 is 0 Å². The van der Waals surface area contributed by atoms with Gasteiger partial charge in [-0.15, -0.1) is 0 Å². The first kappa shape index (κ1) is 20.8. The lowest BCUT2D eigenvalue weighted by molar-refractivity contribution is -0.121. The maximum absolute atomic E-state index is 13.3. The average Bonchev–Trinajstić information content (AvgIpc) is 3.41. The standard InChI is InChI=1S/C23H24ClFN6O/c24-17-5-1-15(2-6-17)14-26-22(32)10-9-21-27-28-23-20-13-19(16-3-7-18(25)8-4-16)29-31(20)12-11-30(21)23/h1-8,11-12,19-20,23,28-29H,9-10,13-14H2,(H,26,32). The smallest absolute Gasteiger partial charge is 0.220 e. The van der Waals surface area contributed by atoms with E-state index in [1.54, 1.807) is 0 Å². The molecule has 9 heteroatoms. The molecule has 0 saturated carbocycles. The van der Waals surface area contributed by atoms with Crippen molar-refractivity contribution in [2.75, 3.05) is 0 Å². The molecule has 1 fully saturated rings. The van der Waals surface area contributed by atoms with Crippen LogP contribution in [-0.4, -0.2) is 33.9 Å². The van der Waals surface area contributed by atoms with Gasteiger partial charge in [0.1, 0.15) is 17.8 Å².